The number of carbonyl (C=O) groups is 5. The Labute approximate surface area is 364 Å². The lowest BCUT2D eigenvalue weighted by atomic mass is 9.92. The standard InChI is InChI=1S/C45H60ClN5O9S/c1-45(2,3)60-40(52)22-18-32(23-25-47)17-21-37(50-61(4,57)58)44(56)51-29-36(59-30-34-15-19-35(46)20-16-34)28-39(51)42(54)49-38(27-33-13-9-6-10-14-33)41(53)43(55)48-26-24-31-11-7-5-8-12-31/h5-16,19-20,32,36-39,50H,17-18,21-30,47H2,1-4H3,(H,48,55)(H,49,54)/t32?,36-,37-,38+,39+/m1/s1. The first kappa shape index (κ1) is 49.0. The van der Waals surface area contributed by atoms with E-state index in [-0.39, 0.29) is 57.3 Å². The number of rotatable bonds is 23. The van der Waals surface area contributed by atoms with Crippen LogP contribution in [-0.4, -0.2) is 98.5 Å². The summed E-state index contributed by atoms with van der Waals surface area (Å²) >= 11 is 6.07. The topological polar surface area (TPSA) is 203 Å². The minimum absolute atomic E-state index is 0.00122. The average molecular weight is 883 g/mol. The van der Waals surface area contributed by atoms with Crippen LogP contribution in [0.3, 0.4) is 0 Å². The van der Waals surface area contributed by atoms with Crippen LogP contribution in [0.15, 0.2) is 84.9 Å². The van der Waals surface area contributed by atoms with E-state index in [0.29, 0.717) is 42.8 Å². The van der Waals surface area contributed by atoms with E-state index in [4.69, 9.17) is 26.8 Å². The predicted octanol–water partition coefficient (Wildman–Crippen LogP) is 4.27. The molecule has 5 atom stereocenters. The molecule has 1 fully saturated rings. The van der Waals surface area contributed by atoms with E-state index >= 15 is 0 Å². The monoisotopic (exact) mass is 881 g/mol. The van der Waals surface area contributed by atoms with E-state index in [9.17, 15) is 32.4 Å². The number of Topliss-reactive ketones (excluding diaryl/α,β-unsaturated/α-hetero) is 1. The summed E-state index contributed by atoms with van der Waals surface area (Å²) in [5, 5.41) is 5.99. The van der Waals surface area contributed by atoms with Gasteiger partial charge >= 0.3 is 5.97 Å². The summed E-state index contributed by atoms with van der Waals surface area (Å²) in [4.78, 5) is 69.8. The van der Waals surface area contributed by atoms with Gasteiger partial charge in [-0.05, 0) is 94.2 Å². The van der Waals surface area contributed by atoms with Crippen molar-refractivity contribution in [2.45, 2.75) is 109 Å². The number of sulfonamides is 1. The van der Waals surface area contributed by atoms with Crippen molar-refractivity contribution < 1.29 is 41.9 Å². The van der Waals surface area contributed by atoms with Gasteiger partial charge in [0.15, 0.2) is 0 Å². The van der Waals surface area contributed by atoms with Crippen LogP contribution >= 0.6 is 11.6 Å². The molecule has 1 unspecified atom stereocenters. The van der Waals surface area contributed by atoms with Crippen molar-refractivity contribution in [3.05, 3.63) is 107 Å². The van der Waals surface area contributed by atoms with Gasteiger partial charge in [0.05, 0.1) is 19.0 Å². The van der Waals surface area contributed by atoms with Gasteiger partial charge in [-0.15, -0.1) is 0 Å². The minimum Gasteiger partial charge on any atom is -0.460 e. The lowest BCUT2D eigenvalue weighted by Crippen LogP contribution is -2.56. The SMILES string of the molecule is CC(C)(C)OC(=O)CCC(CCN)CC[C@@H](NS(C)(=O)=O)C(=O)N1C[C@H](OCc2ccc(Cl)cc2)C[C@H]1C(=O)N[C@@H](Cc1ccccc1)C(=O)C(=O)NCCc1ccccc1. The second kappa shape index (κ2) is 23.5. The second-order valence-electron chi connectivity index (χ2n) is 16.5. The Morgan fingerprint density at radius 1 is 0.852 bits per heavy atom. The minimum atomic E-state index is -3.93. The molecule has 0 saturated carbocycles. The van der Waals surface area contributed by atoms with Crippen molar-refractivity contribution in [2.24, 2.45) is 11.7 Å². The van der Waals surface area contributed by atoms with Gasteiger partial charge < -0.3 is 30.7 Å². The number of ether oxygens (including phenoxy) is 2. The Balaban J connectivity index is 1.57. The number of benzene rings is 3. The van der Waals surface area contributed by atoms with E-state index in [2.05, 4.69) is 15.4 Å². The van der Waals surface area contributed by atoms with Crippen LogP contribution < -0.4 is 21.1 Å². The molecular weight excluding hydrogens is 822 g/mol. The molecule has 4 rings (SSSR count). The lowest BCUT2D eigenvalue weighted by molar-refractivity contribution is -0.155. The molecule has 3 aromatic rings. The van der Waals surface area contributed by atoms with Crippen LogP contribution in [0.1, 0.15) is 76.0 Å². The maximum absolute atomic E-state index is 14.6. The number of halogens is 1. The van der Waals surface area contributed by atoms with Crippen molar-refractivity contribution in [1.29, 1.82) is 0 Å². The number of nitrogens with one attached hydrogen (secondary N) is 3. The summed E-state index contributed by atoms with van der Waals surface area (Å²) in [6.45, 7) is 5.92. The Morgan fingerprint density at radius 2 is 1.49 bits per heavy atom. The molecule has 16 heteroatoms. The van der Waals surface area contributed by atoms with Gasteiger partial charge in [-0.2, -0.15) is 0 Å². The van der Waals surface area contributed by atoms with Gasteiger partial charge in [-0.1, -0.05) is 84.4 Å². The number of hydrogen-bond donors (Lipinski definition) is 4. The Hall–Kier alpha value is -4.67. The Bertz CT molecular complexity index is 2010. The largest absolute Gasteiger partial charge is 0.460 e. The fourth-order valence-corrected chi connectivity index (χ4v) is 8.08. The van der Waals surface area contributed by atoms with E-state index < -0.39 is 63.4 Å². The molecule has 3 aromatic carbocycles. The highest BCUT2D eigenvalue weighted by molar-refractivity contribution is 7.88. The predicted molar refractivity (Wildman–Crippen MR) is 234 cm³/mol. The molecule has 0 radical (unpaired) electrons. The summed E-state index contributed by atoms with van der Waals surface area (Å²) < 4.78 is 39.5. The molecule has 1 heterocycles. The molecule has 0 aliphatic carbocycles. The molecule has 5 N–H and O–H groups in total. The van der Waals surface area contributed by atoms with Crippen molar-refractivity contribution in [3.8, 4) is 0 Å². The van der Waals surface area contributed by atoms with Crippen LogP contribution in [0.25, 0.3) is 0 Å². The highest BCUT2D eigenvalue weighted by Crippen LogP contribution is 2.26. The van der Waals surface area contributed by atoms with Gasteiger partial charge in [0.2, 0.25) is 27.6 Å². The summed E-state index contributed by atoms with van der Waals surface area (Å²) in [7, 11) is -3.93. The van der Waals surface area contributed by atoms with E-state index in [1.54, 1.807) is 69.3 Å². The third-order valence-corrected chi connectivity index (χ3v) is 11.2. The zero-order chi connectivity index (χ0) is 44.6. The third-order valence-electron chi connectivity index (χ3n) is 10.2. The molecule has 14 nitrogen and oxygen atoms in total. The zero-order valence-electron chi connectivity index (χ0n) is 35.4. The molecule has 3 amide bonds. The van der Waals surface area contributed by atoms with Gasteiger partial charge in [-0.25, -0.2) is 13.1 Å². The third kappa shape index (κ3) is 17.3. The average Bonchev–Trinajstić information content (AvgIpc) is 3.64. The summed E-state index contributed by atoms with van der Waals surface area (Å²) in [6.07, 6.45) is 2.25. The smallest absolute Gasteiger partial charge is 0.306 e. The van der Waals surface area contributed by atoms with E-state index in [1.807, 2.05) is 36.4 Å². The molecule has 1 aliphatic rings. The number of likely N-dealkylation sites (tertiary alicyclic amines) is 1. The van der Waals surface area contributed by atoms with E-state index in [1.165, 1.54) is 4.90 Å². The number of amides is 3. The number of esters is 1. The fourth-order valence-electron chi connectivity index (χ4n) is 7.22. The highest BCUT2D eigenvalue weighted by Gasteiger charge is 2.44. The van der Waals surface area contributed by atoms with Gasteiger partial charge in [0.1, 0.15) is 23.7 Å². The van der Waals surface area contributed by atoms with Crippen molar-refractivity contribution in [1.82, 2.24) is 20.3 Å². The first-order chi connectivity index (χ1) is 28.9. The van der Waals surface area contributed by atoms with Crippen LogP contribution in [0.2, 0.25) is 5.02 Å². The van der Waals surface area contributed by atoms with E-state index in [0.717, 1.165) is 17.4 Å². The quantitative estimate of drug-likeness (QED) is 0.0788. The maximum atomic E-state index is 14.6. The summed E-state index contributed by atoms with van der Waals surface area (Å²) in [5.41, 5.74) is 7.72. The normalized spacial score (nSPS) is 16.9. The lowest BCUT2D eigenvalue weighted by Gasteiger charge is -2.30. The van der Waals surface area contributed by atoms with Crippen molar-refractivity contribution in [2.75, 3.05) is 25.9 Å². The molecule has 332 valence electrons. The van der Waals surface area contributed by atoms with Crippen LogP contribution in [0, 0.1) is 5.92 Å². The Morgan fingerprint density at radius 3 is 2.10 bits per heavy atom. The summed E-state index contributed by atoms with van der Waals surface area (Å²) in [6, 6.07) is 21.7. The number of ketones is 1. The number of nitrogens with zero attached hydrogens (tertiary/aromatic N) is 1. The number of carbonyl (C=O) groups excluding carboxylic acids is 5. The number of nitrogens with two attached hydrogens (primary N) is 1. The second-order valence-corrected chi connectivity index (χ2v) is 18.7. The van der Waals surface area contributed by atoms with Crippen LogP contribution in [0.4, 0.5) is 0 Å². The molecule has 0 spiro atoms. The molecule has 0 aromatic heterocycles. The highest BCUT2D eigenvalue weighted by atomic mass is 35.5. The van der Waals surface area contributed by atoms with Crippen molar-refractivity contribution >= 4 is 51.1 Å². The molecule has 61 heavy (non-hydrogen) atoms. The summed E-state index contributed by atoms with van der Waals surface area (Å²) in [5.74, 6) is -3.59. The molecular formula is C45H60ClN5O9S. The van der Waals surface area contributed by atoms with Crippen LogP contribution in [0.5, 0.6) is 0 Å². The first-order valence-electron chi connectivity index (χ1n) is 20.7. The molecule has 1 aliphatic heterocycles. The number of hydrogen-bond acceptors (Lipinski definition) is 10. The van der Waals surface area contributed by atoms with Gasteiger partial charge in [-0.3, -0.25) is 24.0 Å². The fraction of sp³-hybridized carbons (Fsp3) is 0.489. The van der Waals surface area contributed by atoms with Crippen LogP contribution in [-0.2, 0) is 62.9 Å². The van der Waals surface area contributed by atoms with Crippen molar-refractivity contribution in [3.63, 3.8) is 0 Å². The van der Waals surface area contributed by atoms with Gasteiger partial charge in [0, 0.05) is 37.4 Å². The molecule has 1 saturated heterocycles. The zero-order valence-corrected chi connectivity index (χ0v) is 37.0. The first-order valence-corrected chi connectivity index (χ1v) is 22.9. The maximum Gasteiger partial charge on any atom is 0.306 e. The Kier molecular flexibility index (Phi) is 18.9. The molecule has 0 bridgehead atoms. The van der Waals surface area contributed by atoms with Gasteiger partial charge in [0.25, 0.3) is 5.91 Å².